The number of benzene rings is 3. The minimum absolute atomic E-state index is 0.0714. The van der Waals surface area contributed by atoms with Crippen LogP contribution in [0.2, 0.25) is 0 Å². The van der Waals surface area contributed by atoms with Gasteiger partial charge in [-0.3, -0.25) is 4.79 Å². The van der Waals surface area contributed by atoms with Gasteiger partial charge in [0.25, 0.3) is 0 Å². The Bertz CT molecular complexity index is 1500. The number of anilines is 1. The van der Waals surface area contributed by atoms with E-state index >= 15 is 0 Å². The summed E-state index contributed by atoms with van der Waals surface area (Å²) in [5.41, 5.74) is 3.79. The molecule has 1 aliphatic rings. The third-order valence-electron chi connectivity index (χ3n) is 6.65. The van der Waals surface area contributed by atoms with Crippen molar-refractivity contribution in [1.82, 2.24) is 15.1 Å². The van der Waals surface area contributed by atoms with Crippen LogP contribution in [-0.2, 0) is 11.2 Å². The summed E-state index contributed by atoms with van der Waals surface area (Å²) in [5, 5.41) is 29.3. The van der Waals surface area contributed by atoms with E-state index in [4.69, 9.17) is 10.5 Å². The Kier molecular flexibility index (Phi) is 6.30. The molecule has 1 aromatic heterocycles. The first-order valence-corrected chi connectivity index (χ1v) is 11.9. The molecule has 1 amide bonds. The average molecular weight is 473 g/mol. The topological polar surface area (TPSA) is 96.9 Å². The normalized spacial score (nSPS) is 15.4. The van der Waals surface area contributed by atoms with Gasteiger partial charge >= 0.3 is 0 Å². The van der Waals surface area contributed by atoms with Gasteiger partial charge in [0.05, 0.1) is 29.7 Å². The molecular weight excluding hydrogens is 448 g/mol. The van der Waals surface area contributed by atoms with E-state index in [1.807, 2.05) is 47.4 Å². The smallest absolute Gasteiger partial charge is 0.227 e. The molecule has 1 atom stereocenters. The molecule has 1 fully saturated rings. The van der Waals surface area contributed by atoms with Crippen LogP contribution in [0.1, 0.15) is 23.6 Å². The van der Waals surface area contributed by atoms with Gasteiger partial charge in [0.15, 0.2) is 5.82 Å². The second-order valence-electron chi connectivity index (χ2n) is 8.97. The lowest BCUT2D eigenvalue weighted by Gasteiger charge is -2.40. The van der Waals surface area contributed by atoms with Crippen molar-refractivity contribution < 1.29 is 4.79 Å². The molecule has 1 saturated heterocycles. The Hall–Kier alpha value is -4.75. The Labute approximate surface area is 209 Å². The Balaban J connectivity index is 1.36. The number of hydrogen-bond donors (Lipinski definition) is 0. The number of amides is 1. The summed E-state index contributed by atoms with van der Waals surface area (Å²) in [5.74, 6) is 0.896. The van der Waals surface area contributed by atoms with E-state index in [9.17, 15) is 4.79 Å². The predicted molar refractivity (Wildman–Crippen MR) is 138 cm³/mol. The lowest BCUT2D eigenvalue weighted by Crippen LogP contribution is -2.54. The molecule has 36 heavy (non-hydrogen) atoms. The molecule has 0 saturated carbocycles. The molecule has 7 nitrogen and oxygen atoms in total. The van der Waals surface area contributed by atoms with Crippen LogP contribution >= 0.6 is 0 Å². The van der Waals surface area contributed by atoms with E-state index in [1.54, 1.807) is 24.3 Å². The van der Waals surface area contributed by atoms with Crippen LogP contribution in [0.4, 0.5) is 5.82 Å². The first-order chi connectivity index (χ1) is 17.6. The van der Waals surface area contributed by atoms with Gasteiger partial charge in [0.1, 0.15) is 5.69 Å². The molecule has 1 aliphatic heterocycles. The summed E-state index contributed by atoms with van der Waals surface area (Å²) >= 11 is 0. The first kappa shape index (κ1) is 23.0. The minimum atomic E-state index is 0.0714. The van der Waals surface area contributed by atoms with E-state index in [0.717, 1.165) is 33.4 Å². The standard InChI is InChI=1S/C29H24N6O/c1-20-19-34(27(36)16-21-6-8-22(17-30)9-7-21)14-15-35(20)29-26-5-3-2-4-25(26)28(32-33-29)24-12-10-23(18-31)11-13-24/h2-13,20H,14-16,19H2,1H3/t20-/m0/s1. The molecule has 4 aromatic rings. The highest BCUT2D eigenvalue weighted by Crippen LogP contribution is 2.33. The van der Waals surface area contributed by atoms with Crippen molar-refractivity contribution in [2.24, 2.45) is 0 Å². The predicted octanol–water partition coefficient (Wildman–Crippen LogP) is 4.32. The molecule has 0 bridgehead atoms. The number of rotatable bonds is 4. The van der Waals surface area contributed by atoms with E-state index in [1.165, 1.54) is 0 Å². The van der Waals surface area contributed by atoms with Crippen LogP contribution in [0.5, 0.6) is 0 Å². The zero-order valence-corrected chi connectivity index (χ0v) is 19.9. The van der Waals surface area contributed by atoms with Crippen LogP contribution in [0, 0.1) is 22.7 Å². The molecule has 176 valence electrons. The molecule has 5 rings (SSSR count). The maximum Gasteiger partial charge on any atom is 0.227 e. The molecule has 0 spiro atoms. The highest BCUT2D eigenvalue weighted by Gasteiger charge is 2.29. The largest absolute Gasteiger partial charge is 0.348 e. The second kappa shape index (κ2) is 9.85. The van der Waals surface area contributed by atoms with Crippen molar-refractivity contribution in [3.8, 4) is 23.4 Å². The fraction of sp³-hybridized carbons (Fsp3) is 0.207. The van der Waals surface area contributed by atoms with E-state index < -0.39 is 0 Å². The van der Waals surface area contributed by atoms with Crippen molar-refractivity contribution in [1.29, 1.82) is 10.5 Å². The second-order valence-corrected chi connectivity index (χ2v) is 8.97. The van der Waals surface area contributed by atoms with Crippen LogP contribution in [-0.4, -0.2) is 46.7 Å². The Morgan fingerprint density at radius 3 is 2.17 bits per heavy atom. The van der Waals surface area contributed by atoms with Crippen LogP contribution in [0.15, 0.2) is 72.8 Å². The van der Waals surface area contributed by atoms with Gasteiger partial charge in [-0.05, 0) is 36.8 Å². The van der Waals surface area contributed by atoms with Crippen LogP contribution < -0.4 is 4.90 Å². The monoisotopic (exact) mass is 472 g/mol. The van der Waals surface area contributed by atoms with E-state index in [2.05, 4.69) is 40.2 Å². The Morgan fingerprint density at radius 1 is 0.889 bits per heavy atom. The SMILES string of the molecule is C[C@H]1CN(C(=O)Cc2ccc(C#N)cc2)CCN1c1nnc(-c2ccc(C#N)cc2)c2ccccc12. The highest BCUT2D eigenvalue weighted by molar-refractivity contribution is 6.00. The van der Waals surface area contributed by atoms with Gasteiger partial charge in [-0.25, -0.2) is 0 Å². The summed E-state index contributed by atoms with van der Waals surface area (Å²) in [7, 11) is 0. The molecule has 0 radical (unpaired) electrons. The van der Waals surface area contributed by atoms with Crippen molar-refractivity contribution in [3.63, 3.8) is 0 Å². The molecule has 7 heteroatoms. The third-order valence-corrected chi connectivity index (χ3v) is 6.65. The quantitative estimate of drug-likeness (QED) is 0.439. The van der Waals surface area contributed by atoms with Crippen LogP contribution in [0.25, 0.3) is 22.0 Å². The molecular formula is C29H24N6O. The molecule has 2 heterocycles. The number of carbonyl (C=O) groups excluding carboxylic acids is 1. The highest BCUT2D eigenvalue weighted by atomic mass is 16.2. The Morgan fingerprint density at radius 2 is 1.53 bits per heavy atom. The van der Waals surface area contributed by atoms with Crippen molar-refractivity contribution in [2.75, 3.05) is 24.5 Å². The molecule has 0 N–H and O–H groups in total. The first-order valence-electron chi connectivity index (χ1n) is 11.9. The number of fused-ring (bicyclic) bond motifs is 1. The van der Waals surface area contributed by atoms with E-state index in [-0.39, 0.29) is 11.9 Å². The lowest BCUT2D eigenvalue weighted by molar-refractivity contribution is -0.131. The molecule has 0 aliphatic carbocycles. The van der Waals surface area contributed by atoms with Crippen molar-refractivity contribution in [2.45, 2.75) is 19.4 Å². The summed E-state index contributed by atoms with van der Waals surface area (Å²) < 4.78 is 0. The van der Waals surface area contributed by atoms with E-state index in [0.29, 0.717) is 37.2 Å². The fourth-order valence-corrected chi connectivity index (χ4v) is 4.70. The number of nitrogens with zero attached hydrogens (tertiary/aromatic N) is 6. The maximum atomic E-state index is 13.0. The summed E-state index contributed by atoms with van der Waals surface area (Å²) in [6.07, 6.45) is 0.320. The van der Waals surface area contributed by atoms with Gasteiger partial charge in [-0.1, -0.05) is 48.5 Å². The molecule has 3 aromatic carbocycles. The van der Waals surface area contributed by atoms with Gasteiger partial charge in [-0.2, -0.15) is 10.5 Å². The summed E-state index contributed by atoms with van der Waals surface area (Å²) in [6.45, 7) is 3.97. The minimum Gasteiger partial charge on any atom is -0.348 e. The van der Waals surface area contributed by atoms with Crippen LogP contribution in [0.3, 0.4) is 0 Å². The number of nitriles is 2. The fourth-order valence-electron chi connectivity index (χ4n) is 4.70. The van der Waals surface area contributed by atoms with Gasteiger partial charge in [0, 0.05) is 42.0 Å². The maximum absolute atomic E-state index is 13.0. The van der Waals surface area contributed by atoms with Crippen molar-refractivity contribution in [3.05, 3.63) is 89.5 Å². The average Bonchev–Trinajstić information content (AvgIpc) is 2.93. The summed E-state index contributed by atoms with van der Waals surface area (Å²) in [4.78, 5) is 17.1. The third kappa shape index (κ3) is 4.47. The zero-order valence-electron chi connectivity index (χ0n) is 19.9. The molecule has 0 unspecified atom stereocenters. The van der Waals surface area contributed by atoms with Crippen molar-refractivity contribution >= 4 is 22.5 Å². The zero-order chi connectivity index (χ0) is 25.1. The van der Waals surface area contributed by atoms with Gasteiger partial charge in [-0.15, -0.1) is 10.2 Å². The lowest BCUT2D eigenvalue weighted by atomic mass is 10.0. The summed E-state index contributed by atoms with van der Waals surface area (Å²) in [6, 6.07) is 27.0. The number of hydrogen-bond acceptors (Lipinski definition) is 6. The number of carbonyl (C=O) groups is 1. The number of piperazine rings is 1. The van der Waals surface area contributed by atoms with Gasteiger partial charge < -0.3 is 9.80 Å². The van der Waals surface area contributed by atoms with Gasteiger partial charge in [0.2, 0.25) is 5.91 Å². The number of aromatic nitrogens is 2.